The maximum atomic E-state index is 11.3. The maximum Gasteiger partial charge on any atom is 0.229 e. The van der Waals surface area contributed by atoms with Gasteiger partial charge in [0, 0.05) is 26.0 Å². The lowest BCUT2D eigenvalue weighted by atomic mass is 10.1. The van der Waals surface area contributed by atoms with E-state index in [0.717, 1.165) is 25.7 Å². The second kappa shape index (κ2) is 9.09. The van der Waals surface area contributed by atoms with Crippen molar-refractivity contribution in [2.45, 2.75) is 64.2 Å². The number of amides is 2. The highest BCUT2D eigenvalue weighted by atomic mass is 16.3. The van der Waals surface area contributed by atoms with E-state index < -0.39 is 0 Å². The van der Waals surface area contributed by atoms with E-state index in [0.29, 0.717) is 26.0 Å². The van der Waals surface area contributed by atoms with Crippen molar-refractivity contribution in [1.29, 1.82) is 0 Å². The Balaban J connectivity index is 1.89. The molecule has 2 amide bonds. The molecule has 0 spiro atoms. The second-order valence-corrected chi connectivity index (χ2v) is 4.99. The fourth-order valence-electron chi connectivity index (χ4n) is 2.31. The first kappa shape index (κ1) is 15.2. The molecule has 0 aromatic carbocycles. The molecule has 0 unspecified atom stereocenters. The number of unbranched alkanes of at least 4 members (excludes halogenated alkanes) is 7. The number of likely N-dealkylation sites (tertiary alicyclic amines) is 1. The number of aliphatic hydroxyl groups is 1. The maximum absolute atomic E-state index is 11.3. The van der Waals surface area contributed by atoms with Crippen molar-refractivity contribution in [1.82, 2.24) is 4.90 Å². The van der Waals surface area contributed by atoms with Gasteiger partial charge in [-0.3, -0.25) is 14.5 Å². The molecular weight excluding hydrogens is 230 g/mol. The van der Waals surface area contributed by atoms with E-state index in [9.17, 15) is 9.59 Å². The largest absolute Gasteiger partial charge is 0.396 e. The van der Waals surface area contributed by atoms with Crippen LogP contribution in [0.15, 0.2) is 0 Å². The van der Waals surface area contributed by atoms with E-state index in [4.69, 9.17) is 5.11 Å². The summed E-state index contributed by atoms with van der Waals surface area (Å²) in [5, 5.41) is 8.63. The molecule has 4 nitrogen and oxygen atoms in total. The highest BCUT2D eigenvalue weighted by molar-refractivity contribution is 6.01. The Morgan fingerprint density at radius 2 is 1.22 bits per heavy atom. The topological polar surface area (TPSA) is 57.6 Å². The van der Waals surface area contributed by atoms with Crippen LogP contribution in [0.1, 0.15) is 64.2 Å². The fourth-order valence-corrected chi connectivity index (χ4v) is 2.31. The average molecular weight is 255 g/mol. The molecule has 0 radical (unpaired) electrons. The van der Waals surface area contributed by atoms with Crippen LogP contribution in [0.5, 0.6) is 0 Å². The third-order valence-electron chi connectivity index (χ3n) is 3.44. The Morgan fingerprint density at radius 3 is 1.72 bits per heavy atom. The summed E-state index contributed by atoms with van der Waals surface area (Å²) in [6.45, 7) is 0.917. The Bertz CT molecular complexity index is 250. The lowest BCUT2D eigenvalue weighted by Gasteiger charge is -2.12. The summed E-state index contributed by atoms with van der Waals surface area (Å²) in [5.74, 6) is 0.00741. The Hall–Kier alpha value is -0.900. The molecule has 104 valence electrons. The van der Waals surface area contributed by atoms with Crippen LogP contribution >= 0.6 is 0 Å². The van der Waals surface area contributed by atoms with Crippen molar-refractivity contribution in [2.24, 2.45) is 0 Å². The molecule has 1 aliphatic rings. The van der Waals surface area contributed by atoms with Crippen molar-refractivity contribution in [3.8, 4) is 0 Å². The molecule has 18 heavy (non-hydrogen) atoms. The summed E-state index contributed by atoms with van der Waals surface area (Å²) in [4.78, 5) is 24.1. The third kappa shape index (κ3) is 5.63. The van der Waals surface area contributed by atoms with Crippen molar-refractivity contribution in [3.05, 3.63) is 0 Å². The second-order valence-electron chi connectivity index (χ2n) is 4.99. The average Bonchev–Trinajstić information content (AvgIpc) is 2.68. The molecular formula is C14H25NO3. The van der Waals surface area contributed by atoms with Gasteiger partial charge in [0.1, 0.15) is 0 Å². The highest BCUT2D eigenvalue weighted by Gasteiger charge is 2.27. The zero-order valence-electron chi connectivity index (χ0n) is 11.2. The van der Waals surface area contributed by atoms with Gasteiger partial charge in [0.15, 0.2) is 0 Å². The van der Waals surface area contributed by atoms with E-state index in [2.05, 4.69) is 0 Å². The number of nitrogens with zero attached hydrogens (tertiary/aromatic N) is 1. The first-order chi connectivity index (χ1) is 8.75. The first-order valence-electron chi connectivity index (χ1n) is 7.20. The fraction of sp³-hybridized carbons (Fsp3) is 0.857. The third-order valence-corrected chi connectivity index (χ3v) is 3.44. The summed E-state index contributed by atoms with van der Waals surface area (Å²) in [6.07, 6.45) is 9.69. The Labute approximate surface area is 109 Å². The molecule has 0 atom stereocenters. The number of carbonyl (C=O) groups is 2. The molecule has 0 aromatic heterocycles. The summed E-state index contributed by atoms with van der Waals surface area (Å²) in [7, 11) is 0. The zero-order valence-corrected chi connectivity index (χ0v) is 11.2. The van der Waals surface area contributed by atoms with Gasteiger partial charge in [-0.2, -0.15) is 0 Å². The van der Waals surface area contributed by atoms with Gasteiger partial charge in [0.25, 0.3) is 0 Å². The van der Waals surface area contributed by atoms with Crippen molar-refractivity contribution >= 4 is 11.8 Å². The summed E-state index contributed by atoms with van der Waals surface area (Å²) < 4.78 is 0. The number of rotatable bonds is 10. The summed E-state index contributed by atoms with van der Waals surface area (Å²) in [6, 6.07) is 0. The molecule has 1 N–H and O–H groups in total. The monoisotopic (exact) mass is 255 g/mol. The minimum atomic E-state index is 0.00371. The summed E-state index contributed by atoms with van der Waals surface area (Å²) in [5.41, 5.74) is 0. The lowest BCUT2D eigenvalue weighted by Crippen LogP contribution is -2.29. The van der Waals surface area contributed by atoms with Crippen LogP contribution in [0.2, 0.25) is 0 Å². The number of hydrogen-bond donors (Lipinski definition) is 1. The van der Waals surface area contributed by atoms with Gasteiger partial charge in [-0.15, -0.1) is 0 Å². The van der Waals surface area contributed by atoms with Crippen LogP contribution < -0.4 is 0 Å². The molecule has 0 bridgehead atoms. The minimum absolute atomic E-state index is 0.00371. The van der Waals surface area contributed by atoms with Crippen molar-refractivity contribution in [2.75, 3.05) is 13.2 Å². The molecule has 0 saturated carbocycles. The van der Waals surface area contributed by atoms with Crippen LogP contribution in [0.25, 0.3) is 0 Å². The quantitative estimate of drug-likeness (QED) is 0.481. The van der Waals surface area contributed by atoms with E-state index in [1.54, 1.807) is 0 Å². The first-order valence-corrected chi connectivity index (χ1v) is 7.20. The van der Waals surface area contributed by atoms with Crippen LogP contribution in [0, 0.1) is 0 Å². The van der Waals surface area contributed by atoms with Gasteiger partial charge >= 0.3 is 0 Å². The van der Waals surface area contributed by atoms with Gasteiger partial charge in [0.05, 0.1) is 0 Å². The van der Waals surface area contributed by atoms with E-state index in [-0.39, 0.29) is 11.8 Å². The molecule has 0 aromatic rings. The van der Waals surface area contributed by atoms with E-state index >= 15 is 0 Å². The Kier molecular flexibility index (Phi) is 7.65. The minimum Gasteiger partial charge on any atom is -0.396 e. The molecule has 4 heteroatoms. The van der Waals surface area contributed by atoms with Gasteiger partial charge in [-0.25, -0.2) is 0 Å². The van der Waals surface area contributed by atoms with E-state index in [1.807, 2.05) is 0 Å². The number of carbonyl (C=O) groups excluding carboxylic acids is 2. The number of hydrogen-bond acceptors (Lipinski definition) is 3. The molecule has 0 aliphatic carbocycles. The molecule has 1 saturated heterocycles. The predicted octanol–water partition coefficient (Wildman–Crippen LogP) is 2.25. The van der Waals surface area contributed by atoms with Crippen molar-refractivity contribution in [3.63, 3.8) is 0 Å². The smallest absolute Gasteiger partial charge is 0.229 e. The molecule has 1 aliphatic heterocycles. The molecule has 1 fully saturated rings. The zero-order chi connectivity index (χ0) is 13.2. The summed E-state index contributed by atoms with van der Waals surface area (Å²) >= 11 is 0. The van der Waals surface area contributed by atoms with Crippen LogP contribution in [-0.2, 0) is 9.59 Å². The predicted molar refractivity (Wildman–Crippen MR) is 70.0 cm³/mol. The number of imide groups is 1. The standard InChI is InChI=1S/C14H25NO3/c16-12-8-6-4-2-1-3-5-7-11-15-13(17)9-10-14(15)18/h16H,1-12H2. The van der Waals surface area contributed by atoms with Crippen LogP contribution in [0.3, 0.4) is 0 Å². The lowest BCUT2D eigenvalue weighted by molar-refractivity contribution is -0.138. The highest BCUT2D eigenvalue weighted by Crippen LogP contribution is 2.14. The van der Waals surface area contributed by atoms with Crippen molar-refractivity contribution < 1.29 is 14.7 Å². The van der Waals surface area contributed by atoms with E-state index in [1.165, 1.54) is 30.6 Å². The molecule has 1 heterocycles. The van der Waals surface area contributed by atoms with Crippen LogP contribution in [0.4, 0.5) is 0 Å². The van der Waals surface area contributed by atoms with Gasteiger partial charge in [0.2, 0.25) is 11.8 Å². The number of aliphatic hydroxyl groups excluding tert-OH is 1. The van der Waals surface area contributed by atoms with Gasteiger partial charge < -0.3 is 5.11 Å². The SMILES string of the molecule is O=C1CCC(=O)N1CCCCCCCCCCO. The van der Waals surface area contributed by atoms with Gasteiger partial charge in [-0.1, -0.05) is 38.5 Å². The molecule has 1 rings (SSSR count). The Morgan fingerprint density at radius 1 is 0.778 bits per heavy atom. The normalized spacial score (nSPS) is 15.7. The van der Waals surface area contributed by atoms with Crippen LogP contribution in [-0.4, -0.2) is 35.0 Å². The van der Waals surface area contributed by atoms with Gasteiger partial charge in [-0.05, 0) is 12.8 Å².